The molecule has 0 saturated heterocycles. The molecule has 0 radical (unpaired) electrons. The summed E-state index contributed by atoms with van der Waals surface area (Å²) in [6, 6.07) is 6.41. The van der Waals surface area contributed by atoms with Gasteiger partial charge in [-0.15, -0.1) is 0 Å². The van der Waals surface area contributed by atoms with Crippen LogP contribution < -0.4 is 5.32 Å². The Hall–Kier alpha value is -1.13. The van der Waals surface area contributed by atoms with E-state index in [9.17, 15) is 8.42 Å². The van der Waals surface area contributed by atoms with Crippen LogP contribution >= 0.6 is 0 Å². The monoisotopic (exact) mass is 265 g/mol. The molecule has 0 saturated carbocycles. The zero-order valence-electron chi connectivity index (χ0n) is 11.0. The Morgan fingerprint density at radius 3 is 2.67 bits per heavy atom. The van der Waals surface area contributed by atoms with Crippen LogP contribution in [0.1, 0.15) is 29.7 Å². The molecular weight excluding hydrogens is 246 g/mol. The van der Waals surface area contributed by atoms with Crippen molar-refractivity contribution in [2.75, 3.05) is 5.75 Å². The maximum absolute atomic E-state index is 11.4. The van der Waals surface area contributed by atoms with Gasteiger partial charge in [-0.2, -0.15) is 0 Å². The fourth-order valence-electron chi connectivity index (χ4n) is 2.32. The fourth-order valence-corrected chi connectivity index (χ4v) is 3.56. The molecule has 98 valence electrons. The SMILES string of the molecule is Cc1ccc(C)c(C(C)NC2C=CS(=O)(=O)C2)c1. The maximum atomic E-state index is 11.4. The summed E-state index contributed by atoms with van der Waals surface area (Å²) in [5.41, 5.74) is 3.68. The summed E-state index contributed by atoms with van der Waals surface area (Å²) < 4.78 is 22.7. The lowest BCUT2D eigenvalue weighted by Gasteiger charge is -2.20. The van der Waals surface area contributed by atoms with Crippen LogP contribution in [0.3, 0.4) is 0 Å². The van der Waals surface area contributed by atoms with Gasteiger partial charge in [0.15, 0.2) is 9.84 Å². The van der Waals surface area contributed by atoms with Gasteiger partial charge in [0.05, 0.1) is 5.75 Å². The normalized spacial score (nSPS) is 23.2. The van der Waals surface area contributed by atoms with Gasteiger partial charge in [0.2, 0.25) is 0 Å². The fraction of sp³-hybridized carbons (Fsp3) is 0.429. The first-order valence-electron chi connectivity index (χ1n) is 6.11. The molecular formula is C14H19NO2S. The highest BCUT2D eigenvalue weighted by Gasteiger charge is 2.23. The quantitative estimate of drug-likeness (QED) is 0.912. The van der Waals surface area contributed by atoms with E-state index in [4.69, 9.17) is 0 Å². The zero-order valence-corrected chi connectivity index (χ0v) is 11.8. The minimum absolute atomic E-state index is 0.0788. The van der Waals surface area contributed by atoms with Gasteiger partial charge in [0.1, 0.15) is 0 Å². The lowest BCUT2D eigenvalue weighted by molar-refractivity contribution is 0.533. The van der Waals surface area contributed by atoms with E-state index < -0.39 is 9.84 Å². The number of hydrogen-bond acceptors (Lipinski definition) is 3. The van der Waals surface area contributed by atoms with Crippen molar-refractivity contribution in [3.05, 3.63) is 46.4 Å². The molecule has 1 aromatic rings. The molecule has 1 aliphatic heterocycles. The summed E-state index contributed by atoms with van der Waals surface area (Å²) >= 11 is 0. The molecule has 2 unspecified atom stereocenters. The van der Waals surface area contributed by atoms with Crippen molar-refractivity contribution in [3.8, 4) is 0 Å². The van der Waals surface area contributed by atoms with E-state index >= 15 is 0 Å². The van der Waals surface area contributed by atoms with Crippen molar-refractivity contribution in [2.45, 2.75) is 32.9 Å². The van der Waals surface area contributed by atoms with Crippen LogP contribution in [0.15, 0.2) is 29.7 Å². The summed E-state index contributed by atoms with van der Waals surface area (Å²) in [4.78, 5) is 0. The van der Waals surface area contributed by atoms with Crippen molar-refractivity contribution < 1.29 is 8.42 Å². The smallest absolute Gasteiger partial charge is 0.173 e. The molecule has 0 amide bonds. The highest BCUT2D eigenvalue weighted by molar-refractivity contribution is 7.94. The molecule has 0 aliphatic carbocycles. The van der Waals surface area contributed by atoms with E-state index in [1.165, 1.54) is 22.1 Å². The van der Waals surface area contributed by atoms with Crippen LogP contribution in [0, 0.1) is 13.8 Å². The summed E-state index contributed by atoms with van der Waals surface area (Å²) in [6.07, 6.45) is 1.73. The second kappa shape index (κ2) is 4.86. The zero-order chi connectivity index (χ0) is 13.3. The van der Waals surface area contributed by atoms with Gasteiger partial charge >= 0.3 is 0 Å². The largest absolute Gasteiger partial charge is 0.303 e. The molecule has 3 nitrogen and oxygen atoms in total. The number of rotatable bonds is 3. The van der Waals surface area contributed by atoms with Gasteiger partial charge in [0, 0.05) is 17.5 Å². The van der Waals surface area contributed by atoms with E-state index in [0.29, 0.717) is 0 Å². The number of hydrogen-bond donors (Lipinski definition) is 1. The van der Waals surface area contributed by atoms with Crippen molar-refractivity contribution in [1.29, 1.82) is 0 Å². The Kier molecular flexibility index (Phi) is 3.59. The lowest BCUT2D eigenvalue weighted by atomic mass is 9.99. The highest BCUT2D eigenvalue weighted by Crippen LogP contribution is 2.21. The van der Waals surface area contributed by atoms with E-state index in [0.717, 1.165) is 0 Å². The minimum atomic E-state index is -2.98. The second-order valence-corrected chi connectivity index (χ2v) is 6.94. The van der Waals surface area contributed by atoms with E-state index in [1.807, 2.05) is 0 Å². The summed E-state index contributed by atoms with van der Waals surface area (Å²) in [6.45, 7) is 6.21. The summed E-state index contributed by atoms with van der Waals surface area (Å²) in [7, 11) is -2.98. The molecule has 18 heavy (non-hydrogen) atoms. The van der Waals surface area contributed by atoms with Gasteiger partial charge in [-0.3, -0.25) is 0 Å². The van der Waals surface area contributed by atoms with Crippen molar-refractivity contribution >= 4 is 9.84 Å². The minimum Gasteiger partial charge on any atom is -0.303 e. The Bertz CT molecular complexity index is 575. The van der Waals surface area contributed by atoms with Crippen LogP contribution in [-0.4, -0.2) is 20.2 Å². The highest BCUT2D eigenvalue weighted by atomic mass is 32.2. The molecule has 0 bridgehead atoms. The number of nitrogens with one attached hydrogen (secondary N) is 1. The number of benzene rings is 1. The molecule has 0 aromatic heterocycles. The topological polar surface area (TPSA) is 46.2 Å². The van der Waals surface area contributed by atoms with Crippen LogP contribution in [0.4, 0.5) is 0 Å². The standard InChI is InChI=1S/C14H19NO2S/c1-10-4-5-11(2)14(8-10)12(3)15-13-6-7-18(16,17)9-13/h4-8,12-13,15H,9H2,1-3H3. The van der Waals surface area contributed by atoms with E-state index in [1.54, 1.807) is 6.08 Å². The van der Waals surface area contributed by atoms with Crippen LogP contribution in [0.5, 0.6) is 0 Å². The van der Waals surface area contributed by atoms with E-state index in [2.05, 4.69) is 44.3 Å². The molecule has 1 N–H and O–H groups in total. The molecule has 0 fully saturated rings. The Morgan fingerprint density at radius 1 is 1.33 bits per heavy atom. The van der Waals surface area contributed by atoms with Gasteiger partial charge < -0.3 is 5.32 Å². The van der Waals surface area contributed by atoms with E-state index in [-0.39, 0.29) is 17.8 Å². The number of sulfone groups is 1. The third-order valence-corrected chi connectivity index (χ3v) is 4.69. The van der Waals surface area contributed by atoms with Gasteiger partial charge in [-0.05, 0) is 31.9 Å². The molecule has 1 heterocycles. The number of aryl methyl sites for hydroxylation is 2. The van der Waals surface area contributed by atoms with Gasteiger partial charge in [-0.25, -0.2) is 8.42 Å². The third kappa shape index (κ3) is 3.00. The lowest BCUT2D eigenvalue weighted by Crippen LogP contribution is -2.32. The first-order valence-corrected chi connectivity index (χ1v) is 7.83. The summed E-state index contributed by atoms with van der Waals surface area (Å²) in [5, 5.41) is 4.66. The second-order valence-electron chi connectivity index (χ2n) is 5.01. The van der Waals surface area contributed by atoms with Gasteiger partial charge in [-0.1, -0.05) is 29.8 Å². The van der Waals surface area contributed by atoms with Crippen molar-refractivity contribution in [3.63, 3.8) is 0 Å². The molecule has 2 rings (SSSR count). The van der Waals surface area contributed by atoms with Crippen LogP contribution in [0.25, 0.3) is 0 Å². The third-order valence-electron chi connectivity index (χ3n) is 3.30. The Labute approximate surface area is 109 Å². The molecule has 4 heteroatoms. The van der Waals surface area contributed by atoms with Crippen LogP contribution in [-0.2, 0) is 9.84 Å². The average Bonchev–Trinajstić information content (AvgIpc) is 2.61. The predicted octanol–water partition coefficient (Wildman–Crippen LogP) is 2.26. The maximum Gasteiger partial charge on any atom is 0.173 e. The Balaban J connectivity index is 2.11. The first kappa shape index (κ1) is 13.3. The average molecular weight is 265 g/mol. The van der Waals surface area contributed by atoms with Crippen molar-refractivity contribution in [2.24, 2.45) is 0 Å². The molecule has 0 spiro atoms. The van der Waals surface area contributed by atoms with Crippen LogP contribution in [0.2, 0.25) is 0 Å². The first-order chi connectivity index (χ1) is 8.37. The Morgan fingerprint density at radius 2 is 2.06 bits per heavy atom. The molecule has 1 aromatic carbocycles. The van der Waals surface area contributed by atoms with Gasteiger partial charge in [0.25, 0.3) is 0 Å². The summed E-state index contributed by atoms with van der Waals surface area (Å²) in [5.74, 6) is 0.169. The predicted molar refractivity (Wildman–Crippen MR) is 74.2 cm³/mol. The molecule has 1 aliphatic rings. The molecule has 2 atom stereocenters. The van der Waals surface area contributed by atoms with Crippen molar-refractivity contribution in [1.82, 2.24) is 5.32 Å².